The van der Waals surface area contributed by atoms with E-state index >= 15 is 0 Å². The van der Waals surface area contributed by atoms with Crippen molar-refractivity contribution in [1.29, 1.82) is 0 Å². The number of hydrogen-bond acceptors (Lipinski definition) is 4. The van der Waals surface area contributed by atoms with Crippen LogP contribution in [0.5, 0.6) is 5.75 Å². The summed E-state index contributed by atoms with van der Waals surface area (Å²) >= 11 is 0. The summed E-state index contributed by atoms with van der Waals surface area (Å²) in [6, 6.07) is 7.74. The van der Waals surface area contributed by atoms with Crippen molar-refractivity contribution in [3.63, 3.8) is 0 Å². The summed E-state index contributed by atoms with van der Waals surface area (Å²) in [5, 5.41) is 2.94. The number of hydrogen-bond donors (Lipinski definition) is 1. The number of likely N-dealkylation sites (tertiary alicyclic amines) is 1. The molecule has 2 heterocycles. The van der Waals surface area contributed by atoms with Crippen LogP contribution in [-0.4, -0.2) is 48.6 Å². The number of benzene rings is 1. The van der Waals surface area contributed by atoms with Crippen LogP contribution in [0.3, 0.4) is 0 Å². The van der Waals surface area contributed by atoms with Gasteiger partial charge in [0.05, 0.1) is 12.0 Å². The number of rotatable bonds is 6. The maximum absolute atomic E-state index is 12.6. The molecule has 0 unspecified atom stereocenters. The molecule has 2 atom stereocenters. The van der Waals surface area contributed by atoms with Gasteiger partial charge in [0.2, 0.25) is 11.8 Å². The second-order valence-corrected chi connectivity index (χ2v) is 7.85. The molecule has 2 saturated heterocycles. The van der Waals surface area contributed by atoms with E-state index in [0.717, 1.165) is 43.7 Å². The minimum Gasteiger partial charge on any atom is -0.491 e. The monoisotopic (exact) mass is 372 g/mol. The first-order chi connectivity index (χ1) is 13.2. The van der Waals surface area contributed by atoms with E-state index in [4.69, 9.17) is 9.47 Å². The molecule has 0 radical (unpaired) electrons. The number of amides is 2. The van der Waals surface area contributed by atoms with Crippen LogP contribution >= 0.6 is 0 Å². The van der Waals surface area contributed by atoms with Gasteiger partial charge in [-0.2, -0.15) is 0 Å². The number of nitrogens with zero attached hydrogens (tertiary/aromatic N) is 1. The van der Waals surface area contributed by atoms with Gasteiger partial charge in [0.15, 0.2) is 0 Å². The summed E-state index contributed by atoms with van der Waals surface area (Å²) in [6.07, 6.45) is 7.19. The molecule has 1 saturated carbocycles. The minimum absolute atomic E-state index is 0.0723. The van der Waals surface area contributed by atoms with Crippen LogP contribution in [0.15, 0.2) is 24.3 Å². The SMILES string of the molecule is O=C(Nc1ccc(OC[C@H]2CCCO2)cc1)[C@@H]1CC(=O)N(C2CCCC2)C1. The van der Waals surface area contributed by atoms with Crippen molar-refractivity contribution in [3.8, 4) is 5.75 Å². The van der Waals surface area contributed by atoms with Crippen LogP contribution in [0, 0.1) is 5.92 Å². The summed E-state index contributed by atoms with van der Waals surface area (Å²) in [5.74, 6) is 0.567. The van der Waals surface area contributed by atoms with Crippen LogP contribution in [0.25, 0.3) is 0 Å². The van der Waals surface area contributed by atoms with E-state index in [2.05, 4.69) is 5.32 Å². The van der Waals surface area contributed by atoms with Gasteiger partial charge in [-0.15, -0.1) is 0 Å². The van der Waals surface area contributed by atoms with Gasteiger partial charge in [-0.25, -0.2) is 0 Å². The van der Waals surface area contributed by atoms with Gasteiger partial charge in [-0.1, -0.05) is 12.8 Å². The normalized spacial score (nSPS) is 25.9. The molecule has 1 aliphatic carbocycles. The fourth-order valence-electron chi connectivity index (χ4n) is 4.32. The first-order valence-corrected chi connectivity index (χ1v) is 10.1. The number of nitrogens with one attached hydrogen (secondary N) is 1. The molecule has 0 spiro atoms. The maximum atomic E-state index is 12.6. The van der Waals surface area contributed by atoms with Gasteiger partial charge in [0.25, 0.3) is 0 Å². The first-order valence-electron chi connectivity index (χ1n) is 10.1. The lowest BCUT2D eigenvalue weighted by Crippen LogP contribution is -2.35. The van der Waals surface area contributed by atoms with E-state index in [0.29, 0.717) is 25.6 Å². The highest BCUT2D eigenvalue weighted by atomic mass is 16.5. The molecule has 4 rings (SSSR count). The molecule has 3 aliphatic rings. The van der Waals surface area contributed by atoms with Crippen molar-refractivity contribution >= 4 is 17.5 Å². The van der Waals surface area contributed by atoms with E-state index in [9.17, 15) is 9.59 Å². The highest BCUT2D eigenvalue weighted by Gasteiger charge is 2.38. The molecule has 1 N–H and O–H groups in total. The van der Waals surface area contributed by atoms with Crippen LogP contribution in [0.4, 0.5) is 5.69 Å². The highest BCUT2D eigenvalue weighted by Crippen LogP contribution is 2.30. The number of anilines is 1. The fourth-order valence-corrected chi connectivity index (χ4v) is 4.32. The van der Waals surface area contributed by atoms with E-state index in [1.165, 1.54) is 12.8 Å². The minimum atomic E-state index is -0.256. The Hall–Kier alpha value is -2.08. The molecular weight excluding hydrogens is 344 g/mol. The average molecular weight is 372 g/mol. The van der Waals surface area contributed by atoms with Crippen molar-refractivity contribution in [2.24, 2.45) is 5.92 Å². The molecule has 1 aromatic rings. The van der Waals surface area contributed by atoms with Crippen LogP contribution in [0.1, 0.15) is 44.9 Å². The molecule has 0 aromatic heterocycles. The summed E-state index contributed by atoms with van der Waals surface area (Å²) in [6.45, 7) is 1.94. The lowest BCUT2D eigenvalue weighted by Gasteiger charge is -2.23. The van der Waals surface area contributed by atoms with Crippen molar-refractivity contribution in [2.75, 3.05) is 25.1 Å². The van der Waals surface area contributed by atoms with Crippen molar-refractivity contribution in [2.45, 2.75) is 57.1 Å². The summed E-state index contributed by atoms with van der Waals surface area (Å²) < 4.78 is 11.3. The predicted octanol–water partition coefficient (Wildman–Crippen LogP) is 2.97. The summed E-state index contributed by atoms with van der Waals surface area (Å²) in [5.41, 5.74) is 0.733. The lowest BCUT2D eigenvalue weighted by atomic mass is 10.1. The molecule has 146 valence electrons. The highest BCUT2D eigenvalue weighted by molar-refractivity contribution is 5.97. The zero-order valence-electron chi connectivity index (χ0n) is 15.7. The first kappa shape index (κ1) is 18.3. The fraction of sp³-hybridized carbons (Fsp3) is 0.619. The molecule has 0 bridgehead atoms. The van der Waals surface area contributed by atoms with E-state index < -0.39 is 0 Å². The summed E-state index contributed by atoms with van der Waals surface area (Å²) in [7, 11) is 0. The second-order valence-electron chi connectivity index (χ2n) is 7.85. The van der Waals surface area contributed by atoms with Crippen LogP contribution in [0.2, 0.25) is 0 Å². The standard InChI is InChI=1S/C21H28N2O4/c24-20-12-15(13-23(20)17-4-1-2-5-17)21(25)22-16-7-9-18(10-8-16)27-14-19-6-3-11-26-19/h7-10,15,17,19H,1-6,11-14H2,(H,22,25)/t15-,19-/m1/s1. The zero-order valence-corrected chi connectivity index (χ0v) is 15.7. The molecule has 6 heteroatoms. The molecule has 2 amide bonds. The van der Waals surface area contributed by atoms with Crippen molar-refractivity contribution in [1.82, 2.24) is 4.90 Å². The van der Waals surface area contributed by atoms with Gasteiger partial charge in [0.1, 0.15) is 12.4 Å². The second kappa shape index (κ2) is 8.30. The third-order valence-electron chi connectivity index (χ3n) is 5.88. The van der Waals surface area contributed by atoms with Crippen molar-refractivity contribution < 1.29 is 19.1 Å². The Kier molecular flexibility index (Phi) is 5.62. The van der Waals surface area contributed by atoms with Crippen LogP contribution < -0.4 is 10.1 Å². The topological polar surface area (TPSA) is 67.9 Å². The zero-order chi connectivity index (χ0) is 18.6. The van der Waals surface area contributed by atoms with Crippen molar-refractivity contribution in [3.05, 3.63) is 24.3 Å². The maximum Gasteiger partial charge on any atom is 0.229 e. The smallest absolute Gasteiger partial charge is 0.229 e. The lowest BCUT2D eigenvalue weighted by molar-refractivity contribution is -0.129. The van der Waals surface area contributed by atoms with E-state index in [-0.39, 0.29) is 23.8 Å². The largest absolute Gasteiger partial charge is 0.491 e. The molecule has 3 fully saturated rings. The molecule has 2 aliphatic heterocycles. The molecule has 27 heavy (non-hydrogen) atoms. The predicted molar refractivity (Wildman–Crippen MR) is 102 cm³/mol. The summed E-state index contributed by atoms with van der Waals surface area (Å²) in [4.78, 5) is 26.8. The molecule has 1 aromatic carbocycles. The van der Waals surface area contributed by atoms with Gasteiger partial charge < -0.3 is 19.7 Å². The molecule has 6 nitrogen and oxygen atoms in total. The Bertz CT molecular complexity index is 663. The molecular formula is C21H28N2O4. The Balaban J connectivity index is 1.27. The number of carbonyl (C=O) groups is 2. The number of carbonyl (C=O) groups excluding carboxylic acids is 2. The van der Waals surface area contributed by atoms with Gasteiger partial charge in [-0.05, 0) is 49.9 Å². The Morgan fingerprint density at radius 1 is 1.15 bits per heavy atom. The Labute approximate surface area is 160 Å². The third kappa shape index (κ3) is 4.43. The van der Waals surface area contributed by atoms with Crippen LogP contribution in [-0.2, 0) is 14.3 Å². The Morgan fingerprint density at radius 3 is 2.63 bits per heavy atom. The quantitative estimate of drug-likeness (QED) is 0.834. The average Bonchev–Trinajstić information content (AvgIpc) is 3.43. The van der Waals surface area contributed by atoms with E-state index in [1.807, 2.05) is 29.2 Å². The van der Waals surface area contributed by atoms with Gasteiger partial charge in [0, 0.05) is 31.3 Å². The van der Waals surface area contributed by atoms with Gasteiger partial charge in [-0.3, -0.25) is 9.59 Å². The van der Waals surface area contributed by atoms with Gasteiger partial charge >= 0.3 is 0 Å². The Morgan fingerprint density at radius 2 is 1.93 bits per heavy atom. The third-order valence-corrected chi connectivity index (χ3v) is 5.88. The number of ether oxygens (including phenoxy) is 2. The van der Waals surface area contributed by atoms with E-state index in [1.54, 1.807) is 0 Å².